The van der Waals surface area contributed by atoms with E-state index in [0.29, 0.717) is 11.8 Å². The smallest absolute Gasteiger partial charge is 0.154 e. The Balaban J connectivity index is 2.58. The lowest BCUT2D eigenvalue weighted by Crippen LogP contribution is -1.92. The molecule has 6 nitrogen and oxygen atoms in total. The molecule has 138 valence electrons. The summed E-state index contributed by atoms with van der Waals surface area (Å²) in [5, 5.41) is 30.9. The molecule has 0 atom stereocenters. The number of aromatic hydroxyl groups is 3. The molecule has 0 heterocycles. The average molecular weight is 366 g/mol. The molecule has 0 unspecified atom stereocenters. The molecule has 0 aliphatic carbocycles. The number of rotatable bonds is 6. The molecule has 0 bridgehead atoms. The Kier molecular flexibility index (Phi) is 5.92. The van der Waals surface area contributed by atoms with E-state index in [-0.39, 0.29) is 45.3 Å². The molecule has 0 amide bonds. The maximum Gasteiger partial charge on any atom is 0.154 e. The first-order chi connectivity index (χ1) is 12.7. The normalized spacial score (nSPS) is 11.2. The summed E-state index contributed by atoms with van der Waals surface area (Å²) in [5.74, 6) is -1.30. The van der Waals surface area contributed by atoms with Crippen LogP contribution in [0.1, 0.15) is 35.3 Å². The van der Waals surface area contributed by atoms with Gasteiger partial charge in [-0.05, 0) is 55.8 Å². The van der Waals surface area contributed by atoms with Crippen LogP contribution in [-0.4, -0.2) is 33.2 Å². The number of phenolic OH excluding ortho intramolecular Hbond substituents is 3. The van der Waals surface area contributed by atoms with Crippen molar-refractivity contribution in [1.29, 1.82) is 0 Å². The van der Waals surface area contributed by atoms with E-state index in [9.17, 15) is 29.7 Å². The van der Waals surface area contributed by atoms with Crippen molar-refractivity contribution in [2.24, 2.45) is 0 Å². The van der Waals surface area contributed by atoms with Crippen molar-refractivity contribution in [3.8, 4) is 28.4 Å². The fourth-order valence-corrected chi connectivity index (χ4v) is 2.47. The summed E-state index contributed by atoms with van der Waals surface area (Å²) in [6, 6.07) is 5.44. The van der Waals surface area contributed by atoms with Gasteiger partial charge in [0.15, 0.2) is 17.9 Å². The number of hydrogen-bond acceptors (Lipinski definition) is 6. The van der Waals surface area contributed by atoms with Crippen LogP contribution < -0.4 is 0 Å². The van der Waals surface area contributed by atoms with E-state index in [4.69, 9.17) is 0 Å². The monoisotopic (exact) mass is 366 g/mol. The van der Waals surface area contributed by atoms with Gasteiger partial charge in [0.25, 0.3) is 0 Å². The Labute approximate surface area is 155 Å². The van der Waals surface area contributed by atoms with Gasteiger partial charge in [-0.1, -0.05) is 12.1 Å². The van der Waals surface area contributed by atoms with E-state index in [0.717, 1.165) is 0 Å². The highest BCUT2D eigenvalue weighted by Gasteiger charge is 2.17. The van der Waals surface area contributed by atoms with Crippen LogP contribution in [0.15, 0.2) is 36.4 Å². The Morgan fingerprint density at radius 3 is 1.96 bits per heavy atom. The minimum Gasteiger partial charge on any atom is -0.507 e. The van der Waals surface area contributed by atoms with Gasteiger partial charge >= 0.3 is 0 Å². The Hall–Kier alpha value is -3.67. The van der Waals surface area contributed by atoms with Crippen LogP contribution in [0.4, 0.5) is 0 Å². The quantitative estimate of drug-likeness (QED) is 0.410. The van der Waals surface area contributed by atoms with Crippen molar-refractivity contribution in [3.05, 3.63) is 53.1 Å². The molecule has 6 heteroatoms. The predicted molar refractivity (Wildman–Crippen MR) is 102 cm³/mol. The fourth-order valence-electron chi connectivity index (χ4n) is 2.47. The molecule has 0 radical (unpaired) electrons. The third-order valence-corrected chi connectivity index (χ3v) is 3.80. The van der Waals surface area contributed by atoms with Crippen molar-refractivity contribution in [1.82, 2.24) is 0 Å². The van der Waals surface area contributed by atoms with Gasteiger partial charge in [-0.3, -0.25) is 14.4 Å². The Bertz CT molecular complexity index is 983. The van der Waals surface area contributed by atoms with E-state index < -0.39 is 5.75 Å². The molecule has 0 saturated carbocycles. The number of allylic oxidation sites excluding steroid dienone is 2. The van der Waals surface area contributed by atoms with Crippen molar-refractivity contribution in [3.63, 3.8) is 0 Å². The predicted octanol–water partition coefficient (Wildman–Crippen LogP) is 3.49. The summed E-state index contributed by atoms with van der Waals surface area (Å²) in [6.45, 7) is 2.71. The molecule has 3 N–H and O–H groups in total. The third kappa shape index (κ3) is 4.49. The maximum atomic E-state index is 11.4. The summed E-state index contributed by atoms with van der Waals surface area (Å²) < 4.78 is 0. The van der Waals surface area contributed by atoms with Crippen LogP contribution in [0.5, 0.6) is 17.2 Å². The third-order valence-electron chi connectivity index (χ3n) is 3.80. The molecule has 2 aromatic carbocycles. The number of hydrogen-bond donors (Lipinski definition) is 3. The lowest BCUT2D eigenvalue weighted by Gasteiger charge is -2.12. The largest absolute Gasteiger partial charge is 0.507 e. The number of ketones is 2. The summed E-state index contributed by atoms with van der Waals surface area (Å²) >= 11 is 0. The molecule has 0 saturated heterocycles. The van der Waals surface area contributed by atoms with Crippen LogP contribution in [0.2, 0.25) is 0 Å². The SMILES string of the molecule is CC(=O)/C=C/c1cc(O)c(-c2ccc(/C=C/C(C)=O)c(C=O)c2O)cc1O. The van der Waals surface area contributed by atoms with Crippen molar-refractivity contribution in [2.45, 2.75) is 13.8 Å². The molecule has 0 spiro atoms. The zero-order valence-corrected chi connectivity index (χ0v) is 14.8. The van der Waals surface area contributed by atoms with Crippen LogP contribution in [0.25, 0.3) is 23.3 Å². The van der Waals surface area contributed by atoms with Gasteiger partial charge in [0.05, 0.1) is 5.56 Å². The molecule has 0 fully saturated rings. The Morgan fingerprint density at radius 2 is 1.41 bits per heavy atom. The zero-order chi connectivity index (χ0) is 20.1. The van der Waals surface area contributed by atoms with Crippen LogP contribution in [0, 0.1) is 0 Å². The van der Waals surface area contributed by atoms with E-state index in [1.54, 1.807) is 0 Å². The highest BCUT2D eigenvalue weighted by Crippen LogP contribution is 2.41. The lowest BCUT2D eigenvalue weighted by molar-refractivity contribution is -0.113. The first-order valence-electron chi connectivity index (χ1n) is 7.99. The second-order valence-corrected chi connectivity index (χ2v) is 5.90. The highest BCUT2D eigenvalue weighted by atomic mass is 16.3. The summed E-state index contributed by atoms with van der Waals surface area (Å²) in [4.78, 5) is 33.5. The summed E-state index contributed by atoms with van der Waals surface area (Å²) in [7, 11) is 0. The number of benzene rings is 2. The number of carbonyl (C=O) groups is 3. The first-order valence-corrected chi connectivity index (χ1v) is 7.99. The van der Waals surface area contributed by atoms with E-state index in [2.05, 4.69) is 0 Å². The van der Waals surface area contributed by atoms with Crippen LogP contribution in [0.3, 0.4) is 0 Å². The van der Waals surface area contributed by atoms with Crippen molar-refractivity contribution >= 4 is 30.0 Å². The molecule has 2 rings (SSSR count). The van der Waals surface area contributed by atoms with E-state index in [1.807, 2.05) is 0 Å². The Morgan fingerprint density at radius 1 is 0.815 bits per heavy atom. The summed E-state index contributed by atoms with van der Waals surface area (Å²) in [6.07, 6.45) is 5.71. The molecular formula is C21H18O6. The average Bonchev–Trinajstić information content (AvgIpc) is 2.60. The van der Waals surface area contributed by atoms with Crippen LogP contribution >= 0.6 is 0 Å². The lowest BCUT2D eigenvalue weighted by atomic mass is 9.95. The minimum atomic E-state index is -0.391. The van der Waals surface area contributed by atoms with Gasteiger partial charge in [-0.2, -0.15) is 0 Å². The van der Waals surface area contributed by atoms with Gasteiger partial charge in [-0.25, -0.2) is 0 Å². The molecule has 2 aromatic rings. The van der Waals surface area contributed by atoms with Crippen LogP contribution in [-0.2, 0) is 9.59 Å². The maximum absolute atomic E-state index is 11.4. The first kappa shape index (κ1) is 19.7. The van der Waals surface area contributed by atoms with Crippen molar-refractivity contribution < 1.29 is 29.7 Å². The number of aldehydes is 1. The van der Waals surface area contributed by atoms with Gasteiger partial charge in [0, 0.05) is 16.7 Å². The second-order valence-electron chi connectivity index (χ2n) is 5.90. The molecular weight excluding hydrogens is 348 g/mol. The molecule has 0 aliphatic heterocycles. The minimum absolute atomic E-state index is 0.0514. The van der Waals surface area contributed by atoms with E-state index >= 15 is 0 Å². The number of phenols is 3. The topological polar surface area (TPSA) is 112 Å². The number of carbonyl (C=O) groups excluding carboxylic acids is 3. The molecule has 0 aromatic heterocycles. The zero-order valence-electron chi connectivity index (χ0n) is 14.8. The van der Waals surface area contributed by atoms with Gasteiger partial charge in [0.2, 0.25) is 0 Å². The summed E-state index contributed by atoms with van der Waals surface area (Å²) in [5.41, 5.74) is 0.750. The molecule has 27 heavy (non-hydrogen) atoms. The highest BCUT2D eigenvalue weighted by molar-refractivity contribution is 5.96. The van der Waals surface area contributed by atoms with Crippen molar-refractivity contribution in [2.75, 3.05) is 0 Å². The fraction of sp³-hybridized carbons (Fsp3) is 0.0952. The van der Waals surface area contributed by atoms with Gasteiger partial charge in [-0.15, -0.1) is 0 Å². The molecule has 0 aliphatic rings. The standard InChI is InChI=1S/C21H18O6/c1-12(23)3-5-14-7-8-16(21(27)18(14)11-22)17-10-19(25)15(9-20(17)26)6-4-13(2)24/h3-11,25-27H,1-2H3/b5-3+,6-4+. The van der Waals surface area contributed by atoms with Gasteiger partial charge < -0.3 is 15.3 Å². The second kappa shape index (κ2) is 8.14. The van der Waals surface area contributed by atoms with Gasteiger partial charge in [0.1, 0.15) is 17.2 Å². The van der Waals surface area contributed by atoms with E-state index in [1.165, 1.54) is 62.4 Å².